The predicted octanol–water partition coefficient (Wildman–Crippen LogP) is -0.191. The molecular formula is C11H17N3O3. The molecule has 1 aliphatic heterocycles. The number of hydrogen-bond donors (Lipinski definition) is 2. The minimum absolute atomic E-state index is 0.196. The molecule has 0 aromatic carbocycles. The van der Waals surface area contributed by atoms with E-state index in [1.54, 1.807) is 19.5 Å². The molecule has 0 spiro atoms. The third-order valence-corrected chi connectivity index (χ3v) is 3.13. The quantitative estimate of drug-likeness (QED) is 0.761. The van der Waals surface area contributed by atoms with Crippen LogP contribution in [-0.2, 0) is 0 Å². The summed E-state index contributed by atoms with van der Waals surface area (Å²) in [5.74, 6) is 1.18. The van der Waals surface area contributed by atoms with Gasteiger partial charge in [0.1, 0.15) is 0 Å². The number of aromatic nitrogens is 2. The van der Waals surface area contributed by atoms with E-state index in [0.29, 0.717) is 37.6 Å². The van der Waals surface area contributed by atoms with Gasteiger partial charge in [0.2, 0.25) is 0 Å². The lowest BCUT2D eigenvalue weighted by Gasteiger charge is -2.37. The fourth-order valence-corrected chi connectivity index (χ4v) is 1.97. The Labute approximate surface area is 99.9 Å². The highest BCUT2D eigenvalue weighted by atomic mass is 16.5. The van der Waals surface area contributed by atoms with Gasteiger partial charge in [0.25, 0.3) is 5.88 Å². The zero-order valence-corrected chi connectivity index (χ0v) is 9.83. The molecule has 0 unspecified atom stereocenters. The molecule has 2 heterocycles. The van der Waals surface area contributed by atoms with Crippen LogP contribution in [-0.4, -0.2) is 52.6 Å². The normalized spacial score (nSPS) is 19.1. The van der Waals surface area contributed by atoms with E-state index in [2.05, 4.69) is 9.97 Å². The maximum Gasteiger partial charge on any atom is 0.257 e. The van der Waals surface area contributed by atoms with E-state index in [9.17, 15) is 5.11 Å². The molecule has 0 atom stereocenters. The van der Waals surface area contributed by atoms with Gasteiger partial charge in [-0.3, -0.25) is 0 Å². The monoisotopic (exact) mass is 239 g/mol. The molecule has 17 heavy (non-hydrogen) atoms. The molecule has 0 amide bonds. The lowest BCUT2D eigenvalue weighted by Crippen LogP contribution is -2.47. The Morgan fingerprint density at radius 1 is 1.35 bits per heavy atom. The van der Waals surface area contributed by atoms with E-state index in [4.69, 9.17) is 9.84 Å². The van der Waals surface area contributed by atoms with Gasteiger partial charge in [0.15, 0.2) is 5.82 Å². The summed E-state index contributed by atoms with van der Waals surface area (Å²) in [6.45, 7) is 1.07. The third kappa shape index (κ3) is 2.48. The highest BCUT2D eigenvalue weighted by Gasteiger charge is 2.32. The predicted molar refractivity (Wildman–Crippen MR) is 62.1 cm³/mol. The number of ether oxygens (including phenoxy) is 1. The largest absolute Gasteiger partial charge is 0.478 e. The average molecular weight is 239 g/mol. The Morgan fingerprint density at radius 2 is 2.00 bits per heavy atom. The molecule has 0 bridgehead atoms. The van der Waals surface area contributed by atoms with Crippen molar-refractivity contribution in [3.05, 3.63) is 12.4 Å². The number of rotatable bonds is 3. The lowest BCUT2D eigenvalue weighted by molar-refractivity contribution is -0.0327. The summed E-state index contributed by atoms with van der Waals surface area (Å²) in [7, 11) is 1.56. The second kappa shape index (κ2) is 4.85. The van der Waals surface area contributed by atoms with Gasteiger partial charge in [-0.15, -0.1) is 0 Å². The van der Waals surface area contributed by atoms with Crippen molar-refractivity contribution < 1.29 is 14.9 Å². The highest BCUT2D eigenvalue weighted by molar-refractivity contribution is 5.48. The molecule has 0 radical (unpaired) electrons. The summed E-state index contributed by atoms with van der Waals surface area (Å²) >= 11 is 0. The fourth-order valence-electron chi connectivity index (χ4n) is 1.97. The smallest absolute Gasteiger partial charge is 0.257 e. The van der Waals surface area contributed by atoms with Crippen LogP contribution >= 0.6 is 0 Å². The van der Waals surface area contributed by atoms with E-state index in [0.717, 1.165) is 0 Å². The standard InChI is InChI=1S/C11H17N3O3/c1-17-10-9(12-4-5-13-10)14-6-2-11(16,8-15)3-7-14/h4-5,15-16H,2-3,6-8H2,1H3. The number of methoxy groups -OCH3 is 1. The minimum Gasteiger partial charge on any atom is -0.478 e. The van der Waals surface area contributed by atoms with Crippen LogP contribution in [0.3, 0.4) is 0 Å². The molecule has 2 N–H and O–H groups in total. The number of aliphatic hydroxyl groups is 2. The topological polar surface area (TPSA) is 78.7 Å². The molecule has 6 heteroatoms. The third-order valence-electron chi connectivity index (χ3n) is 3.13. The molecule has 1 aromatic rings. The van der Waals surface area contributed by atoms with Gasteiger partial charge < -0.3 is 19.8 Å². The lowest BCUT2D eigenvalue weighted by atomic mass is 9.92. The van der Waals surface area contributed by atoms with Crippen LogP contribution in [0.4, 0.5) is 5.82 Å². The van der Waals surface area contributed by atoms with E-state index in [1.165, 1.54) is 0 Å². The van der Waals surface area contributed by atoms with E-state index >= 15 is 0 Å². The van der Waals surface area contributed by atoms with Crippen LogP contribution in [0.2, 0.25) is 0 Å². The second-order valence-corrected chi connectivity index (χ2v) is 4.26. The van der Waals surface area contributed by atoms with Crippen molar-refractivity contribution in [2.45, 2.75) is 18.4 Å². The van der Waals surface area contributed by atoms with Crippen LogP contribution in [0.25, 0.3) is 0 Å². The summed E-state index contributed by atoms with van der Waals surface area (Å²) in [4.78, 5) is 10.3. The first-order valence-corrected chi connectivity index (χ1v) is 5.62. The first-order valence-electron chi connectivity index (χ1n) is 5.62. The highest BCUT2D eigenvalue weighted by Crippen LogP contribution is 2.28. The molecule has 0 saturated carbocycles. The molecule has 6 nitrogen and oxygen atoms in total. The van der Waals surface area contributed by atoms with Crippen LogP contribution in [0.15, 0.2) is 12.4 Å². The van der Waals surface area contributed by atoms with Gasteiger partial charge >= 0.3 is 0 Å². The second-order valence-electron chi connectivity index (χ2n) is 4.26. The molecule has 0 aliphatic carbocycles. The van der Waals surface area contributed by atoms with Crippen LogP contribution in [0.5, 0.6) is 5.88 Å². The first kappa shape index (κ1) is 12.1. The Morgan fingerprint density at radius 3 is 2.59 bits per heavy atom. The van der Waals surface area contributed by atoms with E-state index < -0.39 is 5.60 Å². The van der Waals surface area contributed by atoms with Gasteiger partial charge in [0, 0.05) is 25.5 Å². The van der Waals surface area contributed by atoms with E-state index in [1.807, 2.05) is 4.90 Å². The maximum atomic E-state index is 9.93. The minimum atomic E-state index is -0.952. The Kier molecular flexibility index (Phi) is 3.44. The Bertz CT molecular complexity index is 378. The Balaban J connectivity index is 2.10. The molecule has 1 aliphatic rings. The number of nitrogens with zero attached hydrogens (tertiary/aromatic N) is 3. The van der Waals surface area contributed by atoms with Crippen LogP contribution in [0.1, 0.15) is 12.8 Å². The SMILES string of the molecule is COc1nccnc1N1CCC(O)(CO)CC1. The molecule has 94 valence electrons. The molecule has 1 fully saturated rings. The number of hydrogen-bond acceptors (Lipinski definition) is 6. The molecular weight excluding hydrogens is 222 g/mol. The van der Waals surface area contributed by atoms with Crippen molar-refractivity contribution in [1.29, 1.82) is 0 Å². The summed E-state index contributed by atoms with van der Waals surface area (Å²) in [5.41, 5.74) is -0.952. The summed E-state index contributed by atoms with van der Waals surface area (Å²) in [5, 5.41) is 19.0. The van der Waals surface area contributed by atoms with Gasteiger partial charge in [-0.1, -0.05) is 0 Å². The summed E-state index contributed by atoms with van der Waals surface area (Å²) < 4.78 is 5.15. The molecule has 1 aromatic heterocycles. The maximum absolute atomic E-state index is 9.93. The average Bonchev–Trinajstić information content (AvgIpc) is 2.40. The fraction of sp³-hybridized carbons (Fsp3) is 0.636. The van der Waals surface area contributed by atoms with Gasteiger partial charge in [-0.25, -0.2) is 9.97 Å². The van der Waals surface area contributed by atoms with Crippen molar-refractivity contribution in [3.8, 4) is 5.88 Å². The molecule has 1 saturated heterocycles. The first-order chi connectivity index (χ1) is 8.18. The van der Waals surface area contributed by atoms with E-state index in [-0.39, 0.29) is 6.61 Å². The summed E-state index contributed by atoms with van der Waals surface area (Å²) in [6, 6.07) is 0. The number of aliphatic hydroxyl groups excluding tert-OH is 1. The number of piperidine rings is 1. The van der Waals surface area contributed by atoms with Crippen LogP contribution in [0, 0.1) is 0 Å². The number of anilines is 1. The zero-order valence-electron chi connectivity index (χ0n) is 9.83. The Hall–Kier alpha value is -1.40. The van der Waals surface area contributed by atoms with Gasteiger partial charge in [-0.2, -0.15) is 0 Å². The molecule has 2 rings (SSSR count). The van der Waals surface area contributed by atoms with Crippen molar-refractivity contribution in [2.24, 2.45) is 0 Å². The van der Waals surface area contributed by atoms with Crippen molar-refractivity contribution in [3.63, 3.8) is 0 Å². The van der Waals surface area contributed by atoms with Crippen molar-refractivity contribution in [2.75, 3.05) is 31.7 Å². The van der Waals surface area contributed by atoms with Gasteiger partial charge in [-0.05, 0) is 12.8 Å². The summed E-state index contributed by atoms with van der Waals surface area (Å²) in [6.07, 6.45) is 4.23. The van der Waals surface area contributed by atoms with Crippen LogP contribution < -0.4 is 9.64 Å². The van der Waals surface area contributed by atoms with Crippen molar-refractivity contribution in [1.82, 2.24) is 9.97 Å². The zero-order chi connectivity index (χ0) is 12.3. The van der Waals surface area contributed by atoms with Gasteiger partial charge in [0.05, 0.1) is 19.3 Å². The van der Waals surface area contributed by atoms with Crippen molar-refractivity contribution >= 4 is 5.82 Å².